The lowest BCUT2D eigenvalue weighted by Crippen LogP contribution is -1.96. The summed E-state index contributed by atoms with van der Waals surface area (Å²) in [4.78, 5) is 10.4. The number of hydrogen-bond acceptors (Lipinski definition) is 5. The minimum atomic E-state index is -0.392. The fourth-order valence-electron chi connectivity index (χ4n) is 1.71. The third-order valence-corrected chi connectivity index (χ3v) is 2.61. The van der Waals surface area contributed by atoms with Crippen molar-refractivity contribution in [2.75, 3.05) is 13.9 Å². The van der Waals surface area contributed by atoms with Gasteiger partial charge >= 0.3 is 0 Å². The van der Waals surface area contributed by atoms with E-state index in [1.165, 1.54) is 13.2 Å². The fourth-order valence-corrected chi connectivity index (χ4v) is 1.71. The molecule has 1 aliphatic rings. The molecule has 0 N–H and O–H groups in total. The number of fused-ring (bicyclic) bond motifs is 1. The minimum Gasteiger partial charge on any atom is -0.493 e. The van der Waals surface area contributed by atoms with E-state index < -0.39 is 4.92 Å². The lowest BCUT2D eigenvalue weighted by molar-refractivity contribution is -0.425. The largest absolute Gasteiger partial charge is 0.493 e. The molecule has 6 nitrogen and oxygen atoms in total. The second kappa shape index (κ2) is 4.95. The maximum atomic E-state index is 10.8. The van der Waals surface area contributed by atoms with Crippen molar-refractivity contribution in [1.29, 1.82) is 0 Å². The number of nitro groups is 1. The van der Waals surface area contributed by atoms with E-state index in [9.17, 15) is 10.1 Å². The molecule has 1 heterocycles. The molecule has 6 heteroatoms. The molecule has 0 unspecified atom stereocenters. The highest BCUT2D eigenvalue weighted by Gasteiger charge is 2.20. The average Bonchev–Trinajstić information content (AvgIpc) is 2.82. The summed E-state index contributed by atoms with van der Waals surface area (Å²) in [6, 6.07) is 3.39. The van der Waals surface area contributed by atoms with Crippen LogP contribution in [0.2, 0.25) is 0 Å². The first-order chi connectivity index (χ1) is 8.65. The van der Waals surface area contributed by atoms with E-state index >= 15 is 0 Å². The molecule has 1 aromatic rings. The molecule has 1 aliphatic heterocycles. The highest BCUT2D eigenvalue weighted by molar-refractivity contribution is 5.63. The molecule has 0 fully saturated rings. The molecule has 0 saturated heterocycles. The molecule has 0 saturated carbocycles. The van der Waals surface area contributed by atoms with Gasteiger partial charge in [-0.1, -0.05) is 6.92 Å². The molecule has 0 atom stereocenters. The van der Waals surface area contributed by atoms with Crippen molar-refractivity contribution in [2.24, 2.45) is 0 Å². The van der Waals surface area contributed by atoms with Crippen LogP contribution in [0, 0.1) is 10.1 Å². The second-order valence-corrected chi connectivity index (χ2v) is 3.70. The van der Waals surface area contributed by atoms with Crippen molar-refractivity contribution in [1.82, 2.24) is 0 Å². The zero-order valence-electron chi connectivity index (χ0n) is 10.1. The van der Waals surface area contributed by atoms with Crippen molar-refractivity contribution in [2.45, 2.75) is 13.3 Å². The van der Waals surface area contributed by atoms with Gasteiger partial charge in [0.15, 0.2) is 11.5 Å². The lowest BCUT2D eigenvalue weighted by Gasteiger charge is -2.05. The van der Waals surface area contributed by atoms with Crippen molar-refractivity contribution in [3.05, 3.63) is 33.5 Å². The third kappa shape index (κ3) is 2.22. The zero-order valence-corrected chi connectivity index (χ0v) is 10.1. The molecule has 1 aromatic carbocycles. The van der Waals surface area contributed by atoms with Gasteiger partial charge in [-0.3, -0.25) is 10.1 Å². The van der Waals surface area contributed by atoms with Crippen LogP contribution in [-0.2, 0) is 0 Å². The quantitative estimate of drug-likeness (QED) is 0.607. The Morgan fingerprint density at radius 3 is 2.94 bits per heavy atom. The Kier molecular flexibility index (Phi) is 3.36. The van der Waals surface area contributed by atoms with E-state index in [0.29, 0.717) is 29.2 Å². The summed E-state index contributed by atoms with van der Waals surface area (Å²) < 4.78 is 15.7. The first-order valence-corrected chi connectivity index (χ1v) is 5.48. The van der Waals surface area contributed by atoms with Gasteiger partial charge in [0, 0.05) is 12.5 Å². The van der Waals surface area contributed by atoms with Gasteiger partial charge in [-0.2, -0.15) is 0 Å². The Balaban J connectivity index is 2.44. The molecule has 18 heavy (non-hydrogen) atoms. The van der Waals surface area contributed by atoms with Gasteiger partial charge in [0.2, 0.25) is 18.2 Å². The monoisotopic (exact) mass is 251 g/mol. The Labute approximate surface area is 104 Å². The van der Waals surface area contributed by atoms with Crippen LogP contribution in [0.15, 0.2) is 17.8 Å². The van der Waals surface area contributed by atoms with Gasteiger partial charge in [-0.05, 0) is 17.7 Å². The highest BCUT2D eigenvalue weighted by atomic mass is 16.7. The Bertz CT molecular complexity index is 509. The van der Waals surface area contributed by atoms with Gasteiger partial charge in [0.25, 0.3) is 0 Å². The Hall–Kier alpha value is -2.24. The number of nitrogens with zero attached hydrogens (tertiary/aromatic N) is 1. The summed E-state index contributed by atoms with van der Waals surface area (Å²) in [7, 11) is 1.51. The van der Waals surface area contributed by atoms with Crippen molar-refractivity contribution in [3.8, 4) is 17.2 Å². The van der Waals surface area contributed by atoms with E-state index in [2.05, 4.69) is 0 Å². The number of benzene rings is 1. The number of allylic oxidation sites excluding steroid dienone is 1. The minimum absolute atomic E-state index is 0.134. The maximum absolute atomic E-state index is 10.8. The predicted octanol–water partition coefficient (Wildman–Crippen LogP) is 2.45. The Morgan fingerprint density at radius 2 is 2.33 bits per heavy atom. The van der Waals surface area contributed by atoms with E-state index in [4.69, 9.17) is 14.2 Å². The number of hydrogen-bond donors (Lipinski definition) is 0. The summed E-state index contributed by atoms with van der Waals surface area (Å²) in [6.07, 6.45) is 1.86. The second-order valence-electron chi connectivity index (χ2n) is 3.70. The molecule has 0 bridgehead atoms. The zero-order chi connectivity index (χ0) is 13.1. The van der Waals surface area contributed by atoms with E-state index in [0.717, 1.165) is 0 Å². The predicted molar refractivity (Wildman–Crippen MR) is 64.4 cm³/mol. The van der Waals surface area contributed by atoms with Crippen LogP contribution in [0.5, 0.6) is 17.2 Å². The van der Waals surface area contributed by atoms with E-state index in [1.54, 1.807) is 19.1 Å². The van der Waals surface area contributed by atoms with Crippen LogP contribution in [-0.4, -0.2) is 18.8 Å². The molecule has 0 amide bonds. The van der Waals surface area contributed by atoms with Crippen molar-refractivity contribution in [3.63, 3.8) is 0 Å². The third-order valence-electron chi connectivity index (χ3n) is 2.61. The van der Waals surface area contributed by atoms with Crippen molar-refractivity contribution >= 4 is 6.08 Å². The number of ether oxygens (including phenoxy) is 3. The van der Waals surface area contributed by atoms with Gasteiger partial charge in [-0.15, -0.1) is 0 Å². The molecular formula is C12H13NO5. The summed E-state index contributed by atoms with van der Waals surface area (Å²) in [5.41, 5.74) is 0.792. The molecule has 2 rings (SSSR count). The number of rotatable bonds is 4. The smallest absolute Gasteiger partial charge is 0.246 e. The van der Waals surface area contributed by atoms with E-state index in [1.807, 2.05) is 0 Å². The van der Waals surface area contributed by atoms with Gasteiger partial charge < -0.3 is 14.2 Å². The van der Waals surface area contributed by atoms with Gasteiger partial charge in [0.05, 0.1) is 12.0 Å². The van der Waals surface area contributed by atoms with Crippen molar-refractivity contribution < 1.29 is 19.1 Å². The topological polar surface area (TPSA) is 70.8 Å². The molecule has 0 spiro atoms. The molecule has 96 valence electrons. The van der Waals surface area contributed by atoms with Crippen LogP contribution >= 0.6 is 0 Å². The van der Waals surface area contributed by atoms with Crippen LogP contribution in [0.1, 0.15) is 18.9 Å². The molecule has 0 aromatic heterocycles. The van der Waals surface area contributed by atoms with Gasteiger partial charge in [-0.25, -0.2) is 0 Å². The average molecular weight is 251 g/mol. The number of methoxy groups -OCH3 is 1. The summed E-state index contributed by atoms with van der Waals surface area (Å²) in [5, 5.41) is 10.8. The normalized spacial score (nSPS) is 13.6. The first-order valence-electron chi connectivity index (χ1n) is 5.48. The van der Waals surface area contributed by atoms with Crippen LogP contribution in [0.3, 0.4) is 0 Å². The first kappa shape index (κ1) is 12.2. The van der Waals surface area contributed by atoms with E-state index in [-0.39, 0.29) is 12.5 Å². The van der Waals surface area contributed by atoms with Crippen LogP contribution in [0.4, 0.5) is 0 Å². The fraction of sp³-hybridized carbons (Fsp3) is 0.333. The highest BCUT2D eigenvalue weighted by Crippen LogP contribution is 2.42. The van der Waals surface area contributed by atoms with Crippen LogP contribution < -0.4 is 14.2 Å². The summed E-state index contributed by atoms with van der Waals surface area (Å²) in [6.45, 7) is 1.87. The lowest BCUT2D eigenvalue weighted by atomic mass is 10.1. The SMILES string of the molecule is CC/C(=C/c1cc(OC)c2c(c1)OCO2)[N+](=O)[O-]. The standard InChI is InChI=1S/C12H13NO5/c1-3-9(13(14)15)4-8-5-10(16-2)12-11(6-8)17-7-18-12/h4-6H,3,7H2,1-2H3/b9-4-. The van der Waals surface area contributed by atoms with Gasteiger partial charge in [0.1, 0.15) is 0 Å². The Morgan fingerprint density at radius 1 is 1.56 bits per heavy atom. The molecule has 0 radical (unpaired) electrons. The summed E-state index contributed by atoms with van der Waals surface area (Å²) in [5.74, 6) is 1.59. The summed E-state index contributed by atoms with van der Waals surface area (Å²) >= 11 is 0. The molecular weight excluding hydrogens is 238 g/mol. The molecule has 0 aliphatic carbocycles. The maximum Gasteiger partial charge on any atom is 0.246 e. The van der Waals surface area contributed by atoms with Crippen LogP contribution in [0.25, 0.3) is 6.08 Å².